The predicted molar refractivity (Wildman–Crippen MR) is 32.1 cm³/mol. The van der Waals surface area contributed by atoms with E-state index in [9.17, 15) is 4.39 Å². The van der Waals surface area contributed by atoms with Crippen molar-refractivity contribution in [3.8, 4) is 0 Å². The third-order valence-corrected chi connectivity index (χ3v) is 1.42. The minimum atomic E-state index is -0.537. The summed E-state index contributed by atoms with van der Waals surface area (Å²) in [5.41, 5.74) is 0. The van der Waals surface area contributed by atoms with Crippen LogP contribution in [-0.2, 0) is 0 Å². The summed E-state index contributed by atoms with van der Waals surface area (Å²) in [5.74, 6) is -0.234. The van der Waals surface area contributed by atoms with Crippen molar-refractivity contribution in [2.75, 3.05) is 0 Å². The Hall–Kier alpha value is -0.305. The quantitative estimate of drug-likeness (QED) is 0.440. The number of hydrogen-bond donors (Lipinski definition) is 1. The smallest absolute Gasteiger partial charge is 0.114 e. The first-order valence-corrected chi connectivity index (χ1v) is 2.75. The molecular formula is C5H8BFO. The van der Waals surface area contributed by atoms with Gasteiger partial charge in [0.1, 0.15) is 7.85 Å². The standard InChI is InChI=1S/C5H8BFO/c6-4-1-3(8)2-5(4)7/h2-4,8H,1,6H2. The van der Waals surface area contributed by atoms with Crippen LogP contribution in [0, 0.1) is 0 Å². The number of allylic oxidation sites excluding steroid dienone is 1. The van der Waals surface area contributed by atoms with Crippen molar-refractivity contribution < 1.29 is 9.50 Å². The highest BCUT2D eigenvalue weighted by Gasteiger charge is 2.20. The van der Waals surface area contributed by atoms with Crippen molar-refractivity contribution in [2.45, 2.75) is 18.3 Å². The molecule has 0 radical (unpaired) electrons. The van der Waals surface area contributed by atoms with E-state index >= 15 is 0 Å². The van der Waals surface area contributed by atoms with E-state index in [-0.39, 0.29) is 11.6 Å². The van der Waals surface area contributed by atoms with E-state index in [0.29, 0.717) is 6.42 Å². The molecule has 0 bridgehead atoms. The van der Waals surface area contributed by atoms with Crippen molar-refractivity contribution >= 4 is 7.85 Å². The summed E-state index contributed by atoms with van der Waals surface area (Å²) in [5, 5.41) is 8.75. The summed E-state index contributed by atoms with van der Waals surface area (Å²) in [6.45, 7) is 0. The van der Waals surface area contributed by atoms with Gasteiger partial charge in [-0.3, -0.25) is 0 Å². The molecule has 0 aromatic rings. The lowest BCUT2D eigenvalue weighted by Crippen LogP contribution is -1.97. The Labute approximate surface area is 48.6 Å². The van der Waals surface area contributed by atoms with Gasteiger partial charge in [-0.05, 0) is 18.3 Å². The Balaban J connectivity index is 2.59. The van der Waals surface area contributed by atoms with Crippen LogP contribution in [0.1, 0.15) is 6.42 Å². The summed E-state index contributed by atoms with van der Waals surface area (Å²) in [4.78, 5) is 0. The summed E-state index contributed by atoms with van der Waals surface area (Å²) in [6, 6.07) is 0. The zero-order valence-corrected chi connectivity index (χ0v) is 4.76. The highest BCUT2D eigenvalue weighted by Crippen LogP contribution is 2.28. The number of aliphatic hydroxyl groups is 1. The molecule has 0 saturated heterocycles. The van der Waals surface area contributed by atoms with Gasteiger partial charge in [0.05, 0.1) is 11.9 Å². The van der Waals surface area contributed by atoms with Gasteiger partial charge in [-0.15, -0.1) is 0 Å². The Morgan fingerprint density at radius 2 is 2.50 bits per heavy atom. The van der Waals surface area contributed by atoms with Gasteiger partial charge in [0.25, 0.3) is 0 Å². The molecule has 44 valence electrons. The van der Waals surface area contributed by atoms with Crippen molar-refractivity contribution in [2.24, 2.45) is 0 Å². The molecule has 0 fully saturated rings. The van der Waals surface area contributed by atoms with E-state index in [0.717, 1.165) is 0 Å². The maximum atomic E-state index is 12.3. The fraction of sp³-hybridized carbons (Fsp3) is 0.600. The minimum Gasteiger partial charge on any atom is -0.389 e. The molecule has 0 spiro atoms. The number of halogens is 1. The molecule has 1 nitrogen and oxygen atoms in total. The van der Waals surface area contributed by atoms with Crippen LogP contribution in [0.25, 0.3) is 0 Å². The second-order valence-electron chi connectivity index (χ2n) is 2.26. The van der Waals surface area contributed by atoms with Crippen molar-refractivity contribution in [3.05, 3.63) is 11.9 Å². The molecule has 0 aromatic heterocycles. The van der Waals surface area contributed by atoms with Crippen LogP contribution in [0.5, 0.6) is 0 Å². The lowest BCUT2D eigenvalue weighted by atomic mass is 9.86. The highest BCUT2D eigenvalue weighted by molar-refractivity contribution is 6.13. The van der Waals surface area contributed by atoms with Crippen LogP contribution in [0.2, 0.25) is 5.82 Å². The summed E-state index contributed by atoms with van der Waals surface area (Å²) < 4.78 is 12.3. The van der Waals surface area contributed by atoms with Crippen molar-refractivity contribution in [3.63, 3.8) is 0 Å². The molecule has 2 unspecified atom stereocenters. The number of hydrogen-bond acceptors (Lipinski definition) is 1. The zero-order valence-electron chi connectivity index (χ0n) is 4.76. The van der Waals surface area contributed by atoms with Crippen LogP contribution in [0.15, 0.2) is 11.9 Å². The fourth-order valence-corrected chi connectivity index (χ4v) is 0.891. The fourth-order valence-electron chi connectivity index (χ4n) is 0.891. The van der Waals surface area contributed by atoms with Gasteiger partial charge in [-0.1, -0.05) is 0 Å². The first-order chi connectivity index (χ1) is 3.70. The molecule has 1 rings (SSSR count). The minimum absolute atomic E-state index is 0.0648. The molecule has 1 N–H and O–H groups in total. The Morgan fingerprint density at radius 3 is 2.62 bits per heavy atom. The molecule has 1 aliphatic rings. The van der Waals surface area contributed by atoms with Gasteiger partial charge >= 0.3 is 0 Å². The van der Waals surface area contributed by atoms with Crippen LogP contribution in [-0.4, -0.2) is 19.1 Å². The molecule has 0 amide bonds. The Morgan fingerprint density at radius 1 is 1.88 bits per heavy atom. The van der Waals surface area contributed by atoms with Crippen molar-refractivity contribution in [1.29, 1.82) is 0 Å². The van der Waals surface area contributed by atoms with E-state index in [2.05, 4.69) is 0 Å². The molecule has 0 aliphatic heterocycles. The molecule has 3 heteroatoms. The Kier molecular flexibility index (Phi) is 1.38. The average Bonchev–Trinajstić information content (AvgIpc) is 1.85. The molecule has 1 aliphatic carbocycles. The third kappa shape index (κ3) is 0.918. The highest BCUT2D eigenvalue weighted by atomic mass is 19.1. The molecule has 8 heavy (non-hydrogen) atoms. The average molecular weight is 114 g/mol. The molecular weight excluding hydrogens is 106 g/mol. The maximum absolute atomic E-state index is 12.3. The lowest BCUT2D eigenvalue weighted by Gasteiger charge is -1.98. The van der Waals surface area contributed by atoms with Crippen LogP contribution in [0.4, 0.5) is 4.39 Å². The molecule has 0 aromatic carbocycles. The topological polar surface area (TPSA) is 20.2 Å². The van der Waals surface area contributed by atoms with Crippen LogP contribution < -0.4 is 0 Å². The predicted octanol–water partition coefficient (Wildman–Crippen LogP) is 0.0260. The van der Waals surface area contributed by atoms with Crippen LogP contribution in [0.3, 0.4) is 0 Å². The van der Waals surface area contributed by atoms with E-state index < -0.39 is 6.10 Å². The van der Waals surface area contributed by atoms with Gasteiger partial charge < -0.3 is 5.11 Å². The SMILES string of the molecule is BC1CC(O)C=C1F. The van der Waals surface area contributed by atoms with E-state index in [4.69, 9.17) is 5.11 Å². The largest absolute Gasteiger partial charge is 0.389 e. The number of aliphatic hydroxyl groups excluding tert-OH is 1. The molecule has 0 saturated carbocycles. The summed E-state index contributed by atoms with van der Waals surface area (Å²) in [6.07, 6.45) is 1.28. The zero-order chi connectivity index (χ0) is 6.15. The second kappa shape index (κ2) is 1.90. The second-order valence-corrected chi connectivity index (χ2v) is 2.26. The first kappa shape index (κ1) is 5.82. The maximum Gasteiger partial charge on any atom is 0.114 e. The van der Waals surface area contributed by atoms with E-state index in [1.54, 1.807) is 7.85 Å². The third-order valence-electron chi connectivity index (χ3n) is 1.42. The normalized spacial score (nSPS) is 37.5. The van der Waals surface area contributed by atoms with Gasteiger partial charge in [0, 0.05) is 0 Å². The van der Waals surface area contributed by atoms with Gasteiger partial charge in [0.2, 0.25) is 0 Å². The van der Waals surface area contributed by atoms with Crippen LogP contribution >= 0.6 is 0 Å². The summed E-state index contributed by atoms with van der Waals surface area (Å²) >= 11 is 0. The van der Waals surface area contributed by atoms with Gasteiger partial charge in [-0.2, -0.15) is 0 Å². The van der Waals surface area contributed by atoms with Gasteiger partial charge in [0.15, 0.2) is 0 Å². The molecule has 2 atom stereocenters. The Bertz CT molecular complexity index is 124. The van der Waals surface area contributed by atoms with Crippen molar-refractivity contribution in [1.82, 2.24) is 0 Å². The first-order valence-electron chi connectivity index (χ1n) is 2.75. The lowest BCUT2D eigenvalue weighted by molar-refractivity contribution is 0.223. The monoisotopic (exact) mass is 114 g/mol. The van der Waals surface area contributed by atoms with Gasteiger partial charge in [-0.25, -0.2) is 4.39 Å². The summed E-state index contributed by atoms with van der Waals surface area (Å²) in [7, 11) is 1.77. The van der Waals surface area contributed by atoms with E-state index in [1.165, 1.54) is 6.08 Å². The molecule has 0 heterocycles. The number of rotatable bonds is 0. The van der Waals surface area contributed by atoms with E-state index in [1.807, 2.05) is 0 Å².